The average Bonchev–Trinajstić information content (AvgIpc) is 2.96. The number of fused-ring (bicyclic) bond motifs is 1. The van der Waals surface area contributed by atoms with Gasteiger partial charge in [0, 0.05) is 11.8 Å². The Hall–Kier alpha value is -3.35. The van der Waals surface area contributed by atoms with Crippen molar-refractivity contribution in [2.75, 3.05) is 0 Å². The van der Waals surface area contributed by atoms with Crippen LogP contribution in [0.25, 0.3) is 27.8 Å². The smallest absolute Gasteiger partial charge is 0.259 e. The number of nitrogens with zero attached hydrogens (tertiary/aromatic N) is 2. The zero-order chi connectivity index (χ0) is 17.6. The van der Waals surface area contributed by atoms with Crippen LogP contribution in [0.5, 0.6) is 0 Å². The number of H-pyrrole nitrogens is 1. The number of nitrogens with one attached hydrogen (secondary N) is 1. The summed E-state index contributed by atoms with van der Waals surface area (Å²) in [6.07, 6.45) is 1.34. The van der Waals surface area contributed by atoms with E-state index in [1.54, 1.807) is 6.07 Å². The molecule has 0 saturated carbocycles. The molecule has 0 fully saturated rings. The first-order valence-corrected chi connectivity index (χ1v) is 7.37. The van der Waals surface area contributed by atoms with Gasteiger partial charge in [-0.1, -0.05) is 18.2 Å². The third-order valence-corrected chi connectivity index (χ3v) is 3.88. The summed E-state index contributed by atoms with van der Waals surface area (Å²) in [6, 6.07) is 10.6. The highest BCUT2D eigenvalue weighted by molar-refractivity contribution is 5.93. The van der Waals surface area contributed by atoms with Crippen LogP contribution in [0.4, 0.5) is 13.2 Å². The number of aromatic nitrogens is 3. The van der Waals surface area contributed by atoms with Crippen LogP contribution >= 0.6 is 0 Å². The molecule has 2 aromatic carbocycles. The van der Waals surface area contributed by atoms with Crippen molar-refractivity contribution in [3.63, 3.8) is 0 Å². The summed E-state index contributed by atoms with van der Waals surface area (Å²) in [5.41, 5.74) is -0.706. The van der Waals surface area contributed by atoms with Crippen molar-refractivity contribution in [1.82, 2.24) is 14.8 Å². The van der Waals surface area contributed by atoms with E-state index >= 15 is 0 Å². The Kier molecular flexibility index (Phi) is 3.42. The SMILES string of the molecule is O=c1[nH]ccc2c1c(-c1ccccc1F)nn2-c1c(F)cccc1F. The molecule has 0 radical (unpaired) electrons. The molecule has 7 heteroatoms. The zero-order valence-electron chi connectivity index (χ0n) is 12.6. The highest BCUT2D eigenvalue weighted by Gasteiger charge is 2.21. The Morgan fingerprint density at radius 3 is 2.28 bits per heavy atom. The molecule has 0 saturated heterocycles. The Morgan fingerprint density at radius 2 is 1.56 bits per heavy atom. The molecule has 2 heterocycles. The average molecular weight is 341 g/mol. The molecule has 0 aliphatic carbocycles. The molecule has 4 aromatic rings. The van der Waals surface area contributed by atoms with Crippen LogP contribution in [0.3, 0.4) is 0 Å². The van der Waals surface area contributed by atoms with Crippen LogP contribution in [0.1, 0.15) is 0 Å². The Morgan fingerprint density at radius 1 is 0.880 bits per heavy atom. The fourth-order valence-electron chi connectivity index (χ4n) is 2.78. The van der Waals surface area contributed by atoms with Gasteiger partial charge in [0.1, 0.15) is 17.2 Å². The molecule has 0 amide bonds. The van der Waals surface area contributed by atoms with Gasteiger partial charge in [0.05, 0.1) is 10.9 Å². The van der Waals surface area contributed by atoms with Crippen molar-refractivity contribution >= 4 is 10.9 Å². The minimum Gasteiger partial charge on any atom is -0.328 e. The highest BCUT2D eigenvalue weighted by Crippen LogP contribution is 2.30. The molecule has 0 bridgehead atoms. The van der Waals surface area contributed by atoms with E-state index in [4.69, 9.17) is 0 Å². The van der Waals surface area contributed by atoms with Crippen LogP contribution in [0, 0.1) is 17.5 Å². The number of rotatable bonds is 2. The van der Waals surface area contributed by atoms with Gasteiger partial charge >= 0.3 is 0 Å². The molecule has 124 valence electrons. The quantitative estimate of drug-likeness (QED) is 0.603. The summed E-state index contributed by atoms with van der Waals surface area (Å²) in [7, 11) is 0. The van der Waals surface area contributed by atoms with Gasteiger partial charge in [-0.15, -0.1) is 0 Å². The second-order valence-corrected chi connectivity index (χ2v) is 5.38. The van der Waals surface area contributed by atoms with E-state index in [1.807, 2.05) is 0 Å². The predicted molar refractivity (Wildman–Crippen MR) is 87.0 cm³/mol. The second-order valence-electron chi connectivity index (χ2n) is 5.38. The fraction of sp³-hybridized carbons (Fsp3) is 0. The van der Waals surface area contributed by atoms with Crippen molar-refractivity contribution in [3.8, 4) is 16.9 Å². The number of aromatic amines is 1. The van der Waals surface area contributed by atoms with Crippen molar-refractivity contribution in [2.45, 2.75) is 0 Å². The summed E-state index contributed by atoms with van der Waals surface area (Å²) in [4.78, 5) is 14.8. The topological polar surface area (TPSA) is 50.7 Å². The van der Waals surface area contributed by atoms with Crippen molar-refractivity contribution in [1.29, 1.82) is 0 Å². The van der Waals surface area contributed by atoms with Gasteiger partial charge in [-0.2, -0.15) is 5.10 Å². The van der Waals surface area contributed by atoms with Gasteiger partial charge < -0.3 is 4.98 Å². The standard InChI is InChI=1S/C18H10F3N3O/c19-11-5-2-1-4-10(11)16-15-14(8-9-22-18(15)25)24(23-16)17-12(20)6-3-7-13(17)21/h1-9H,(H,22,25). The monoisotopic (exact) mass is 341 g/mol. The molecule has 0 aliphatic heterocycles. The molecule has 25 heavy (non-hydrogen) atoms. The first-order valence-electron chi connectivity index (χ1n) is 7.37. The van der Waals surface area contributed by atoms with Gasteiger partial charge in [0.25, 0.3) is 5.56 Å². The third-order valence-electron chi connectivity index (χ3n) is 3.88. The van der Waals surface area contributed by atoms with E-state index in [0.717, 1.165) is 16.8 Å². The summed E-state index contributed by atoms with van der Waals surface area (Å²) in [5.74, 6) is -2.28. The molecule has 4 rings (SSSR count). The van der Waals surface area contributed by atoms with E-state index in [1.165, 1.54) is 36.5 Å². The van der Waals surface area contributed by atoms with Crippen LogP contribution in [-0.2, 0) is 0 Å². The minimum atomic E-state index is -0.843. The largest absolute Gasteiger partial charge is 0.328 e. The van der Waals surface area contributed by atoms with Crippen LogP contribution < -0.4 is 5.56 Å². The van der Waals surface area contributed by atoms with Crippen molar-refractivity contribution < 1.29 is 13.2 Å². The molecule has 2 aromatic heterocycles. The van der Waals surface area contributed by atoms with Crippen LogP contribution in [-0.4, -0.2) is 14.8 Å². The molecule has 0 unspecified atom stereocenters. The number of para-hydroxylation sites is 1. The number of halogens is 3. The maximum absolute atomic E-state index is 14.2. The maximum Gasteiger partial charge on any atom is 0.259 e. The Bertz CT molecular complexity index is 1140. The van der Waals surface area contributed by atoms with Crippen molar-refractivity contribution in [2.24, 2.45) is 0 Å². The number of hydrogen-bond donors (Lipinski definition) is 1. The van der Waals surface area contributed by atoms with Gasteiger partial charge in [0.2, 0.25) is 0 Å². The summed E-state index contributed by atoms with van der Waals surface area (Å²) >= 11 is 0. The predicted octanol–water partition coefficient (Wildman–Crippen LogP) is 3.80. The molecular formula is C18H10F3N3O. The lowest BCUT2D eigenvalue weighted by atomic mass is 10.1. The van der Waals surface area contributed by atoms with Gasteiger partial charge in [-0.05, 0) is 30.3 Å². The highest BCUT2D eigenvalue weighted by atomic mass is 19.1. The lowest BCUT2D eigenvalue weighted by Crippen LogP contribution is -2.06. The van der Waals surface area contributed by atoms with E-state index < -0.39 is 28.7 Å². The lowest BCUT2D eigenvalue weighted by Gasteiger charge is -2.06. The zero-order valence-corrected chi connectivity index (χ0v) is 12.6. The van der Waals surface area contributed by atoms with Crippen LogP contribution in [0.15, 0.2) is 59.5 Å². The van der Waals surface area contributed by atoms with Gasteiger partial charge in [-0.3, -0.25) is 4.79 Å². The maximum atomic E-state index is 14.2. The third kappa shape index (κ3) is 2.32. The Balaban J connectivity index is 2.15. The van der Waals surface area contributed by atoms with E-state index in [2.05, 4.69) is 10.1 Å². The molecular weight excluding hydrogens is 331 g/mol. The number of hydrogen-bond acceptors (Lipinski definition) is 2. The van der Waals surface area contributed by atoms with Gasteiger partial charge in [0.15, 0.2) is 11.6 Å². The second kappa shape index (κ2) is 5.62. The lowest BCUT2D eigenvalue weighted by molar-refractivity contribution is 0.563. The number of benzene rings is 2. The van der Waals surface area contributed by atoms with Crippen molar-refractivity contribution in [3.05, 3.63) is 82.5 Å². The van der Waals surface area contributed by atoms with Crippen LogP contribution in [0.2, 0.25) is 0 Å². The molecule has 0 atom stereocenters. The van der Waals surface area contributed by atoms with E-state index in [9.17, 15) is 18.0 Å². The summed E-state index contributed by atoms with van der Waals surface area (Å²) in [6.45, 7) is 0. The minimum absolute atomic E-state index is 0.0117. The molecule has 0 spiro atoms. The molecule has 1 N–H and O–H groups in total. The van der Waals surface area contributed by atoms with E-state index in [0.29, 0.717) is 0 Å². The normalized spacial score (nSPS) is 11.2. The Labute approximate surface area is 139 Å². The fourth-order valence-corrected chi connectivity index (χ4v) is 2.78. The summed E-state index contributed by atoms with van der Waals surface area (Å²) < 4.78 is 43.6. The first-order chi connectivity index (χ1) is 12.1. The van der Waals surface area contributed by atoms with E-state index in [-0.39, 0.29) is 22.2 Å². The first kappa shape index (κ1) is 15.2. The molecule has 0 aliphatic rings. The molecule has 4 nitrogen and oxygen atoms in total. The van der Waals surface area contributed by atoms with Gasteiger partial charge in [-0.25, -0.2) is 17.9 Å². The number of pyridine rings is 1. The summed E-state index contributed by atoms with van der Waals surface area (Å²) in [5, 5.41) is 4.20.